The molecule has 0 aliphatic rings. The van der Waals surface area contributed by atoms with Crippen LogP contribution in [-0.4, -0.2) is 34.6 Å². The normalized spacial score (nSPS) is 9.81. The monoisotopic (exact) mass is 300 g/mol. The summed E-state index contributed by atoms with van der Waals surface area (Å²) in [7, 11) is 1.76. The van der Waals surface area contributed by atoms with Crippen molar-refractivity contribution in [2.45, 2.75) is 13.0 Å². The average Bonchev–Trinajstić information content (AvgIpc) is 2.96. The topological polar surface area (TPSA) is 53.4 Å². The fourth-order valence-corrected chi connectivity index (χ4v) is 2.50. The molecule has 1 amide bonds. The Balaban J connectivity index is 2.01. The molecule has 0 unspecified atom stereocenters. The largest absolute Gasteiger partial charge is 0.395 e. The highest BCUT2D eigenvalue weighted by Gasteiger charge is 2.14. The number of rotatable bonds is 4. The van der Waals surface area contributed by atoms with Crippen LogP contribution in [0.2, 0.25) is 0 Å². The maximum atomic E-state index is 12.3. The molecule has 0 aliphatic heterocycles. The third-order valence-corrected chi connectivity index (χ3v) is 3.61. The molecule has 0 atom stereocenters. The molecule has 4 nitrogen and oxygen atoms in total. The fourth-order valence-electron chi connectivity index (χ4n) is 1.75. The van der Waals surface area contributed by atoms with Crippen molar-refractivity contribution < 1.29 is 9.90 Å². The summed E-state index contributed by atoms with van der Waals surface area (Å²) >= 11 is 1.43. The maximum absolute atomic E-state index is 12.3. The number of pyridine rings is 1. The SMILES string of the molecule is CN(Cc1ccccn1)C(=O)c1csc(C#CCCO)c1. The summed E-state index contributed by atoms with van der Waals surface area (Å²) in [5.41, 5.74) is 1.48. The Kier molecular flexibility index (Phi) is 5.50. The van der Waals surface area contributed by atoms with Gasteiger partial charge in [-0.3, -0.25) is 9.78 Å². The van der Waals surface area contributed by atoms with Gasteiger partial charge in [0.15, 0.2) is 0 Å². The molecule has 0 saturated heterocycles. The molecule has 108 valence electrons. The van der Waals surface area contributed by atoms with E-state index in [0.717, 1.165) is 10.6 Å². The van der Waals surface area contributed by atoms with Gasteiger partial charge >= 0.3 is 0 Å². The Labute approximate surface area is 128 Å². The molecule has 2 aromatic rings. The molecule has 0 bridgehead atoms. The summed E-state index contributed by atoms with van der Waals surface area (Å²) in [6.45, 7) is 0.526. The van der Waals surface area contributed by atoms with Crippen molar-refractivity contribution in [2.75, 3.05) is 13.7 Å². The number of amides is 1. The van der Waals surface area contributed by atoms with E-state index in [-0.39, 0.29) is 12.5 Å². The highest BCUT2D eigenvalue weighted by atomic mass is 32.1. The predicted molar refractivity (Wildman–Crippen MR) is 82.9 cm³/mol. The van der Waals surface area contributed by atoms with Crippen LogP contribution in [0.15, 0.2) is 35.8 Å². The van der Waals surface area contributed by atoms with Gasteiger partial charge in [0.2, 0.25) is 0 Å². The van der Waals surface area contributed by atoms with E-state index in [4.69, 9.17) is 5.11 Å². The van der Waals surface area contributed by atoms with E-state index in [0.29, 0.717) is 18.5 Å². The second-order valence-electron chi connectivity index (χ2n) is 4.46. The standard InChI is InChI=1S/C16H16N2O2S/c1-18(11-14-6-2-4-8-17-14)16(20)13-10-15(21-12-13)7-3-5-9-19/h2,4,6,8,10,12,19H,5,9,11H2,1H3. The minimum atomic E-state index is -0.0490. The number of aliphatic hydroxyl groups excluding tert-OH is 1. The molecule has 1 N–H and O–H groups in total. The Morgan fingerprint density at radius 2 is 2.33 bits per heavy atom. The van der Waals surface area contributed by atoms with E-state index >= 15 is 0 Å². The van der Waals surface area contributed by atoms with Gasteiger partial charge in [-0.25, -0.2) is 0 Å². The van der Waals surface area contributed by atoms with E-state index in [1.165, 1.54) is 11.3 Å². The lowest BCUT2D eigenvalue weighted by molar-refractivity contribution is 0.0784. The highest BCUT2D eigenvalue weighted by Crippen LogP contribution is 2.16. The van der Waals surface area contributed by atoms with Gasteiger partial charge in [-0.05, 0) is 18.2 Å². The lowest BCUT2D eigenvalue weighted by Gasteiger charge is -2.15. The second-order valence-corrected chi connectivity index (χ2v) is 5.37. The van der Waals surface area contributed by atoms with E-state index in [1.54, 1.807) is 29.6 Å². The van der Waals surface area contributed by atoms with Crippen LogP contribution in [0.1, 0.15) is 27.3 Å². The number of carbonyl (C=O) groups is 1. The molecule has 0 fully saturated rings. The first-order valence-corrected chi connectivity index (χ1v) is 7.42. The summed E-state index contributed by atoms with van der Waals surface area (Å²) in [6.07, 6.45) is 2.16. The van der Waals surface area contributed by atoms with Crippen LogP contribution in [-0.2, 0) is 6.54 Å². The molecular weight excluding hydrogens is 284 g/mol. The molecule has 0 radical (unpaired) electrons. The molecule has 2 heterocycles. The van der Waals surface area contributed by atoms with E-state index in [2.05, 4.69) is 16.8 Å². The van der Waals surface area contributed by atoms with Crippen LogP contribution in [0.5, 0.6) is 0 Å². The lowest BCUT2D eigenvalue weighted by Crippen LogP contribution is -2.26. The van der Waals surface area contributed by atoms with Crippen LogP contribution in [0.3, 0.4) is 0 Å². The van der Waals surface area contributed by atoms with Crippen molar-refractivity contribution in [1.82, 2.24) is 9.88 Å². The predicted octanol–water partition coefficient (Wildman–Crippen LogP) is 2.15. The zero-order valence-corrected chi connectivity index (χ0v) is 12.6. The van der Waals surface area contributed by atoms with Gasteiger partial charge in [-0.2, -0.15) is 0 Å². The molecule has 0 aromatic carbocycles. The number of aliphatic hydroxyl groups is 1. The van der Waals surface area contributed by atoms with Crippen molar-refractivity contribution in [3.63, 3.8) is 0 Å². The molecule has 0 spiro atoms. The van der Waals surface area contributed by atoms with Gasteiger partial charge in [0.1, 0.15) is 0 Å². The highest BCUT2D eigenvalue weighted by molar-refractivity contribution is 7.10. The maximum Gasteiger partial charge on any atom is 0.254 e. The van der Waals surface area contributed by atoms with Crippen LogP contribution in [0.4, 0.5) is 0 Å². The van der Waals surface area contributed by atoms with Crippen LogP contribution >= 0.6 is 11.3 Å². The van der Waals surface area contributed by atoms with Crippen molar-refractivity contribution in [3.05, 3.63) is 52.0 Å². The van der Waals surface area contributed by atoms with E-state index in [9.17, 15) is 4.79 Å². The van der Waals surface area contributed by atoms with Gasteiger partial charge in [0.05, 0.1) is 29.3 Å². The number of thiophene rings is 1. The van der Waals surface area contributed by atoms with E-state index < -0.39 is 0 Å². The Morgan fingerprint density at radius 1 is 1.48 bits per heavy atom. The number of nitrogens with zero attached hydrogens (tertiary/aromatic N) is 2. The fraction of sp³-hybridized carbons (Fsp3) is 0.250. The third-order valence-electron chi connectivity index (χ3n) is 2.77. The molecule has 2 rings (SSSR count). The smallest absolute Gasteiger partial charge is 0.254 e. The Bertz CT molecular complexity index is 656. The van der Waals surface area contributed by atoms with Gasteiger partial charge < -0.3 is 10.0 Å². The summed E-state index contributed by atoms with van der Waals surface area (Å²) in [6, 6.07) is 7.43. The first-order chi connectivity index (χ1) is 10.2. The first-order valence-electron chi connectivity index (χ1n) is 6.54. The molecule has 0 saturated carbocycles. The summed E-state index contributed by atoms with van der Waals surface area (Å²) in [5, 5.41) is 10.5. The summed E-state index contributed by atoms with van der Waals surface area (Å²) in [5.74, 6) is 5.73. The molecular formula is C16H16N2O2S. The first kappa shape index (κ1) is 15.2. The number of hydrogen-bond donors (Lipinski definition) is 1. The van der Waals surface area contributed by atoms with Crippen molar-refractivity contribution in [2.24, 2.45) is 0 Å². The Morgan fingerprint density at radius 3 is 3.05 bits per heavy atom. The quantitative estimate of drug-likeness (QED) is 0.880. The number of aromatic nitrogens is 1. The van der Waals surface area contributed by atoms with Crippen molar-refractivity contribution in [3.8, 4) is 11.8 Å². The van der Waals surface area contributed by atoms with Gasteiger partial charge in [0.25, 0.3) is 5.91 Å². The van der Waals surface area contributed by atoms with E-state index in [1.807, 2.05) is 18.2 Å². The second kappa shape index (κ2) is 7.58. The zero-order chi connectivity index (χ0) is 15.1. The minimum Gasteiger partial charge on any atom is -0.395 e. The summed E-state index contributed by atoms with van der Waals surface area (Å²) < 4.78 is 0. The molecule has 0 aliphatic carbocycles. The van der Waals surface area contributed by atoms with Crippen LogP contribution in [0.25, 0.3) is 0 Å². The van der Waals surface area contributed by atoms with Crippen LogP contribution in [0, 0.1) is 11.8 Å². The average molecular weight is 300 g/mol. The zero-order valence-electron chi connectivity index (χ0n) is 11.7. The summed E-state index contributed by atoms with van der Waals surface area (Å²) in [4.78, 5) is 19.0. The lowest BCUT2D eigenvalue weighted by atomic mass is 10.2. The Hall–Kier alpha value is -2.16. The molecule has 2 aromatic heterocycles. The van der Waals surface area contributed by atoms with Gasteiger partial charge in [-0.15, -0.1) is 11.3 Å². The minimum absolute atomic E-state index is 0.0490. The van der Waals surface area contributed by atoms with Crippen molar-refractivity contribution in [1.29, 1.82) is 0 Å². The van der Waals surface area contributed by atoms with Crippen LogP contribution < -0.4 is 0 Å². The van der Waals surface area contributed by atoms with Gasteiger partial charge in [-0.1, -0.05) is 17.9 Å². The molecule has 21 heavy (non-hydrogen) atoms. The third kappa shape index (κ3) is 4.42. The van der Waals surface area contributed by atoms with Crippen molar-refractivity contribution >= 4 is 17.2 Å². The number of carbonyl (C=O) groups excluding carboxylic acids is 1. The molecule has 5 heteroatoms. The number of hydrogen-bond acceptors (Lipinski definition) is 4. The van der Waals surface area contributed by atoms with Gasteiger partial charge in [0, 0.05) is 25.0 Å².